The second kappa shape index (κ2) is 15.4. The van der Waals surface area contributed by atoms with E-state index in [0.717, 1.165) is 15.4 Å². The van der Waals surface area contributed by atoms with Gasteiger partial charge in [-0.25, -0.2) is 12.8 Å². The van der Waals surface area contributed by atoms with E-state index in [4.69, 9.17) is 11.6 Å². The lowest BCUT2D eigenvalue weighted by Gasteiger charge is -2.34. The zero-order valence-corrected chi connectivity index (χ0v) is 28.0. The summed E-state index contributed by atoms with van der Waals surface area (Å²) in [5.74, 6) is -1.49. The molecule has 1 atom stereocenters. The van der Waals surface area contributed by atoms with Gasteiger partial charge in [-0.15, -0.1) is 0 Å². The highest BCUT2D eigenvalue weighted by Gasteiger charge is 2.35. The van der Waals surface area contributed by atoms with Gasteiger partial charge in [-0.2, -0.15) is 0 Å². The Balaban J connectivity index is 1.83. The van der Waals surface area contributed by atoms with Crippen LogP contribution in [-0.4, -0.2) is 44.3 Å². The Morgan fingerprint density at radius 2 is 1.54 bits per heavy atom. The second-order valence-electron chi connectivity index (χ2n) is 11.7. The van der Waals surface area contributed by atoms with Crippen LogP contribution in [0.5, 0.6) is 0 Å². The number of carbonyl (C=O) groups is 2. The van der Waals surface area contributed by atoms with E-state index in [1.54, 1.807) is 55.5 Å². The minimum absolute atomic E-state index is 0.00332. The summed E-state index contributed by atoms with van der Waals surface area (Å²) in [7, 11) is -4.27. The normalized spacial score (nSPS) is 12.1. The van der Waals surface area contributed by atoms with Gasteiger partial charge in [0, 0.05) is 30.1 Å². The van der Waals surface area contributed by atoms with E-state index < -0.39 is 40.2 Å². The molecular formula is C36H39ClFN3O4S. The van der Waals surface area contributed by atoms with Gasteiger partial charge in [0.1, 0.15) is 18.4 Å². The topological polar surface area (TPSA) is 86.8 Å². The van der Waals surface area contributed by atoms with E-state index in [1.165, 1.54) is 23.1 Å². The Hall–Kier alpha value is -4.21. The third-order valence-electron chi connectivity index (χ3n) is 7.57. The minimum Gasteiger partial charge on any atom is -0.354 e. The van der Waals surface area contributed by atoms with E-state index in [1.807, 2.05) is 51.1 Å². The Morgan fingerprint density at radius 3 is 2.17 bits per heavy atom. The highest BCUT2D eigenvalue weighted by atomic mass is 35.5. The number of rotatable bonds is 13. The summed E-state index contributed by atoms with van der Waals surface area (Å²) in [6.45, 7) is 6.93. The molecular weight excluding hydrogens is 625 g/mol. The maximum Gasteiger partial charge on any atom is 0.264 e. The van der Waals surface area contributed by atoms with Crippen molar-refractivity contribution in [1.82, 2.24) is 10.2 Å². The van der Waals surface area contributed by atoms with Crippen molar-refractivity contribution in [3.05, 3.63) is 130 Å². The van der Waals surface area contributed by atoms with E-state index in [-0.39, 0.29) is 35.0 Å². The number of hydrogen-bond acceptors (Lipinski definition) is 4. The third kappa shape index (κ3) is 8.73. The van der Waals surface area contributed by atoms with Gasteiger partial charge in [0.25, 0.3) is 10.0 Å². The molecule has 2 amide bonds. The monoisotopic (exact) mass is 663 g/mol. The summed E-state index contributed by atoms with van der Waals surface area (Å²) in [4.78, 5) is 29.6. The summed E-state index contributed by atoms with van der Waals surface area (Å²) in [5.41, 5.74) is 2.65. The van der Waals surface area contributed by atoms with Crippen molar-refractivity contribution in [2.45, 2.75) is 51.6 Å². The van der Waals surface area contributed by atoms with Crippen LogP contribution in [0, 0.1) is 25.6 Å². The van der Waals surface area contributed by atoms with E-state index in [9.17, 15) is 18.0 Å². The molecule has 0 radical (unpaired) electrons. The molecule has 0 heterocycles. The maximum atomic E-state index is 15.1. The smallest absolute Gasteiger partial charge is 0.264 e. The zero-order valence-electron chi connectivity index (χ0n) is 26.4. The molecule has 0 aliphatic rings. The Labute approximate surface area is 276 Å². The molecule has 0 bridgehead atoms. The first kappa shape index (κ1) is 34.7. The predicted octanol–water partition coefficient (Wildman–Crippen LogP) is 6.70. The lowest BCUT2D eigenvalue weighted by Crippen LogP contribution is -2.54. The van der Waals surface area contributed by atoms with Gasteiger partial charge < -0.3 is 10.2 Å². The summed E-state index contributed by atoms with van der Waals surface area (Å²) in [6, 6.07) is 25.2. The molecule has 0 saturated carbocycles. The molecule has 1 unspecified atom stereocenters. The number of sulfonamides is 1. The number of nitrogens with zero attached hydrogens (tertiary/aromatic N) is 2. The van der Waals surface area contributed by atoms with Gasteiger partial charge in [0.05, 0.1) is 10.6 Å². The van der Waals surface area contributed by atoms with Crippen LogP contribution in [-0.2, 0) is 32.6 Å². The first-order valence-corrected chi connectivity index (χ1v) is 16.9. The molecule has 10 heteroatoms. The molecule has 0 aromatic heterocycles. The van der Waals surface area contributed by atoms with E-state index >= 15 is 4.39 Å². The number of anilines is 1. The van der Waals surface area contributed by atoms with Gasteiger partial charge in [-0.05, 0) is 67.3 Å². The van der Waals surface area contributed by atoms with Crippen LogP contribution in [0.2, 0.25) is 5.02 Å². The molecule has 4 rings (SSSR count). The lowest BCUT2D eigenvalue weighted by atomic mass is 10.0. The molecule has 0 fully saturated rings. The molecule has 7 nitrogen and oxygen atoms in total. The second-order valence-corrected chi connectivity index (χ2v) is 14.0. The average Bonchev–Trinajstić information content (AvgIpc) is 3.02. The number of amides is 2. The van der Waals surface area contributed by atoms with Crippen LogP contribution in [0.1, 0.15) is 36.1 Å². The SMILES string of the molecule is Cc1ccc(S(=O)(=O)N(CC(=O)N(Cc2ccccc2F)C(Cc2ccccc2)C(=O)NCC(C)C)c2ccc(Cl)cc2C)cc1. The summed E-state index contributed by atoms with van der Waals surface area (Å²) < 4.78 is 44.5. The third-order valence-corrected chi connectivity index (χ3v) is 9.58. The van der Waals surface area contributed by atoms with Crippen LogP contribution >= 0.6 is 11.6 Å². The van der Waals surface area contributed by atoms with E-state index in [0.29, 0.717) is 17.1 Å². The van der Waals surface area contributed by atoms with Crippen LogP contribution in [0.3, 0.4) is 0 Å². The van der Waals surface area contributed by atoms with Gasteiger partial charge >= 0.3 is 0 Å². The van der Waals surface area contributed by atoms with E-state index in [2.05, 4.69) is 5.32 Å². The van der Waals surface area contributed by atoms with Crippen LogP contribution < -0.4 is 9.62 Å². The van der Waals surface area contributed by atoms with Crippen molar-refractivity contribution in [3.8, 4) is 0 Å². The maximum absolute atomic E-state index is 15.1. The molecule has 0 aliphatic carbocycles. The number of aryl methyl sites for hydroxylation is 2. The molecule has 0 saturated heterocycles. The zero-order chi connectivity index (χ0) is 33.4. The van der Waals surface area contributed by atoms with Crippen LogP contribution in [0.25, 0.3) is 0 Å². The summed E-state index contributed by atoms with van der Waals surface area (Å²) in [5, 5.41) is 3.34. The molecule has 46 heavy (non-hydrogen) atoms. The fourth-order valence-corrected chi connectivity index (χ4v) is 6.74. The lowest BCUT2D eigenvalue weighted by molar-refractivity contribution is -0.140. The first-order valence-electron chi connectivity index (χ1n) is 15.1. The van der Waals surface area contributed by atoms with Gasteiger partial charge in [0.2, 0.25) is 11.8 Å². The molecule has 0 aliphatic heterocycles. The van der Waals surface area contributed by atoms with Crippen molar-refractivity contribution in [3.63, 3.8) is 0 Å². The number of nitrogens with one attached hydrogen (secondary N) is 1. The fourth-order valence-electron chi connectivity index (χ4n) is 5.04. The number of halogens is 2. The minimum atomic E-state index is -4.27. The first-order chi connectivity index (χ1) is 21.9. The fraction of sp³-hybridized carbons (Fsp3) is 0.278. The standard InChI is InChI=1S/C36H39ClFN3O4S/c1-25(2)22-39-36(43)34(21-28-10-6-5-7-11-28)40(23-29-12-8-9-13-32(29)38)35(42)24-41(33-19-16-30(37)20-27(33)4)46(44,45)31-17-14-26(3)15-18-31/h5-20,25,34H,21-24H2,1-4H3,(H,39,43). The molecule has 4 aromatic rings. The summed E-state index contributed by atoms with van der Waals surface area (Å²) >= 11 is 6.21. The number of hydrogen-bond donors (Lipinski definition) is 1. The quantitative estimate of drug-likeness (QED) is 0.172. The molecule has 242 valence electrons. The highest BCUT2D eigenvalue weighted by molar-refractivity contribution is 7.92. The Kier molecular flexibility index (Phi) is 11.6. The highest BCUT2D eigenvalue weighted by Crippen LogP contribution is 2.30. The Morgan fingerprint density at radius 1 is 0.891 bits per heavy atom. The molecule has 4 aromatic carbocycles. The van der Waals surface area contributed by atoms with Gasteiger partial charge in [-0.1, -0.05) is 91.7 Å². The predicted molar refractivity (Wildman–Crippen MR) is 181 cm³/mol. The van der Waals surface area contributed by atoms with Gasteiger partial charge in [0.15, 0.2) is 0 Å². The summed E-state index contributed by atoms with van der Waals surface area (Å²) in [6.07, 6.45) is 0.135. The number of carbonyl (C=O) groups excluding carboxylic acids is 2. The van der Waals surface area contributed by atoms with Crippen molar-refractivity contribution < 1.29 is 22.4 Å². The van der Waals surface area contributed by atoms with Crippen LogP contribution in [0.4, 0.5) is 10.1 Å². The average molecular weight is 664 g/mol. The molecule has 1 N–H and O–H groups in total. The largest absolute Gasteiger partial charge is 0.354 e. The Bertz CT molecular complexity index is 1770. The van der Waals surface area contributed by atoms with Gasteiger partial charge in [-0.3, -0.25) is 13.9 Å². The number of benzene rings is 4. The van der Waals surface area contributed by atoms with Crippen molar-refractivity contribution >= 4 is 39.1 Å². The van der Waals surface area contributed by atoms with Crippen LogP contribution in [0.15, 0.2) is 102 Å². The van der Waals surface area contributed by atoms with Crippen molar-refractivity contribution in [2.24, 2.45) is 5.92 Å². The molecule has 0 spiro atoms. The van der Waals surface area contributed by atoms with Crippen molar-refractivity contribution in [2.75, 3.05) is 17.4 Å². The van der Waals surface area contributed by atoms with Crippen molar-refractivity contribution in [1.29, 1.82) is 0 Å².